The summed E-state index contributed by atoms with van der Waals surface area (Å²) >= 11 is 0. The lowest BCUT2D eigenvalue weighted by Crippen LogP contribution is -2.39. The van der Waals surface area contributed by atoms with Gasteiger partial charge in [0.25, 0.3) is 0 Å². The molecule has 1 aromatic carbocycles. The molecule has 2 N–H and O–H groups in total. The first-order valence-corrected chi connectivity index (χ1v) is 6.30. The Morgan fingerprint density at radius 1 is 1.39 bits per heavy atom. The third kappa shape index (κ3) is 4.47. The van der Waals surface area contributed by atoms with Crippen LogP contribution in [0.25, 0.3) is 0 Å². The van der Waals surface area contributed by atoms with Crippen LogP contribution in [0.4, 0.5) is 5.69 Å². The molecule has 1 aromatic rings. The summed E-state index contributed by atoms with van der Waals surface area (Å²) in [5.41, 5.74) is 2.04. The summed E-state index contributed by atoms with van der Waals surface area (Å²) in [6, 6.07) is 7.63. The minimum atomic E-state index is -0.231. The van der Waals surface area contributed by atoms with Crippen LogP contribution in [0.3, 0.4) is 0 Å². The van der Waals surface area contributed by atoms with Crippen LogP contribution in [0.15, 0.2) is 24.3 Å². The average Bonchev–Trinajstić information content (AvgIpc) is 2.39. The molecule has 1 unspecified atom stereocenters. The molecule has 0 bridgehead atoms. The number of amides is 1. The fraction of sp³-hybridized carbons (Fsp3) is 0.500. The van der Waals surface area contributed by atoms with Crippen molar-refractivity contribution in [3.05, 3.63) is 29.8 Å². The van der Waals surface area contributed by atoms with Crippen molar-refractivity contribution in [1.82, 2.24) is 5.32 Å². The SMILES string of the molecule is CCc1ccccc1NC(=O)C(C)NCCOC. The van der Waals surface area contributed by atoms with Crippen molar-refractivity contribution in [1.29, 1.82) is 0 Å². The second kappa shape index (κ2) is 7.84. The predicted molar refractivity (Wildman–Crippen MR) is 73.8 cm³/mol. The van der Waals surface area contributed by atoms with E-state index >= 15 is 0 Å². The molecule has 1 rings (SSSR count). The van der Waals surface area contributed by atoms with Crippen molar-refractivity contribution < 1.29 is 9.53 Å². The summed E-state index contributed by atoms with van der Waals surface area (Å²) < 4.78 is 4.93. The minimum absolute atomic E-state index is 0.0213. The highest BCUT2D eigenvalue weighted by Gasteiger charge is 2.12. The maximum absolute atomic E-state index is 12.0. The number of rotatable bonds is 7. The fourth-order valence-electron chi connectivity index (χ4n) is 1.66. The maximum Gasteiger partial charge on any atom is 0.241 e. The molecule has 1 amide bonds. The summed E-state index contributed by atoms with van der Waals surface area (Å²) in [5, 5.41) is 6.05. The zero-order valence-electron chi connectivity index (χ0n) is 11.3. The third-order valence-corrected chi connectivity index (χ3v) is 2.81. The Bertz CT molecular complexity index is 380. The number of carbonyl (C=O) groups excluding carboxylic acids is 1. The van der Waals surface area contributed by atoms with Crippen LogP contribution >= 0.6 is 0 Å². The van der Waals surface area contributed by atoms with Crippen LogP contribution in [-0.4, -0.2) is 32.2 Å². The topological polar surface area (TPSA) is 50.4 Å². The average molecular weight is 250 g/mol. The van der Waals surface area contributed by atoms with Gasteiger partial charge in [-0.1, -0.05) is 25.1 Å². The van der Waals surface area contributed by atoms with Gasteiger partial charge in [0, 0.05) is 19.3 Å². The van der Waals surface area contributed by atoms with Gasteiger partial charge in [0.1, 0.15) is 0 Å². The summed E-state index contributed by atoms with van der Waals surface area (Å²) in [5.74, 6) is -0.0213. The number of methoxy groups -OCH3 is 1. The molecule has 0 saturated carbocycles. The summed E-state index contributed by atoms with van der Waals surface area (Å²) in [4.78, 5) is 12.0. The Morgan fingerprint density at radius 3 is 2.78 bits per heavy atom. The van der Waals surface area contributed by atoms with E-state index in [1.807, 2.05) is 31.2 Å². The van der Waals surface area contributed by atoms with Crippen LogP contribution in [-0.2, 0) is 16.0 Å². The summed E-state index contributed by atoms with van der Waals surface area (Å²) in [7, 11) is 1.64. The van der Waals surface area contributed by atoms with Gasteiger partial charge in [0.2, 0.25) is 5.91 Å². The van der Waals surface area contributed by atoms with E-state index in [4.69, 9.17) is 4.74 Å². The molecule has 1 atom stereocenters. The van der Waals surface area contributed by atoms with Gasteiger partial charge in [-0.3, -0.25) is 4.79 Å². The molecule has 0 spiro atoms. The Hall–Kier alpha value is -1.39. The minimum Gasteiger partial charge on any atom is -0.383 e. The Morgan fingerprint density at radius 2 is 2.11 bits per heavy atom. The lowest BCUT2D eigenvalue weighted by atomic mass is 10.1. The zero-order valence-corrected chi connectivity index (χ0v) is 11.3. The third-order valence-electron chi connectivity index (χ3n) is 2.81. The molecule has 4 heteroatoms. The van der Waals surface area contributed by atoms with Crippen molar-refractivity contribution in [2.75, 3.05) is 25.6 Å². The molecule has 100 valence electrons. The first-order valence-electron chi connectivity index (χ1n) is 6.30. The quantitative estimate of drug-likeness (QED) is 0.726. The number of anilines is 1. The maximum atomic E-state index is 12.0. The van der Waals surface area contributed by atoms with E-state index in [2.05, 4.69) is 17.6 Å². The van der Waals surface area contributed by atoms with Gasteiger partial charge in [0.15, 0.2) is 0 Å². The summed E-state index contributed by atoms with van der Waals surface area (Å²) in [6.45, 7) is 5.19. The standard InChI is InChI=1S/C14H22N2O2/c1-4-12-7-5-6-8-13(12)16-14(17)11(2)15-9-10-18-3/h5-8,11,15H,4,9-10H2,1-3H3,(H,16,17). The molecule has 0 aliphatic rings. The van der Waals surface area contributed by atoms with E-state index in [0.29, 0.717) is 13.2 Å². The number of carbonyl (C=O) groups is 1. The van der Waals surface area contributed by atoms with E-state index in [1.54, 1.807) is 7.11 Å². The first kappa shape index (κ1) is 14.7. The van der Waals surface area contributed by atoms with Crippen molar-refractivity contribution in [3.8, 4) is 0 Å². The fourth-order valence-corrected chi connectivity index (χ4v) is 1.66. The van der Waals surface area contributed by atoms with Gasteiger partial charge in [-0.25, -0.2) is 0 Å². The molecule has 0 aromatic heterocycles. The van der Waals surface area contributed by atoms with Crippen molar-refractivity contribution in [2.24, 2.45) is 0 Å². The molecule has 18 heavy (non-hydrogen) atoms. The molecule has 0 radical (unpaired) electrons. The van der Waals surface area contributed by atoms with Gasteiger partial charge in [-0.2, -0.15) is 0 Å². The monoisotopic (exact) mass is 250 g/mol. The number of nitrogens with one attached hydrogen (secondary N) is 2. The smallest absolute Gasteiger partial charge is 0.241 e. The first-order chi connectivity index (χ1) is 8.69. The highest BCUT2D eigenvalue weighted by Crippen LogP contribution is 2.15. The number of benzene rings is 1. The molecule has 0 saturated heterocycles. The Labute approximate surface area is 109 Å². The van der Waals surface area contributed by atoms with Gasteiger partial charge >= 0.3 is 0 Å². The molecular formula is C14H22N2O2. The van der Waals surface area contributed by atoms with Crippen LogP contribution < -0.4 is 10.6 Å². The molecule has 0 aliphatic carbocycles. The number of hydrogen-bond acceptors (Lipinski definition) is 3. The van der Waals surface area contributed by atoms with E-state index in [1.165, 1.54) is 0 Å². The molecule has 0 fully saturated rings. The largest absolute Gasteiger partial charge is 0.383 e. The number of hydrogen-bond donors (Lipinski definition) is 2. The van der Waals surface area contributed by atoms with Gasteiger partial charge in [0.05, 0.1) is 12.6 Å². The van der Waals surface area contributed by atoms with Crippen LogP contribution in [0.2, 0.25) is 0 Å². The molecule has 0 aliphatic heterocycles. The number of para-hydroxylation sites is 1. The second-order valence-electron chi connectivity index (χ2n) is 4.17. The molecular weight excluding hydrogens is 228 g/mol. The lowest BCUT2D eigenvalue weighted by molar-refractivity contribution is -0.117. The van der Waals surface area contributed by atoms with Gasteiger partial charge < -0.3 is 15.4 Å². The normalized spacial score (nSPS) is 12.2. The second-order valence-corrected chi connectivity index (χ2v) is 4.17. The Kier molecular flexibility index (Phi) is 6.39. The van der Waals surface area contributed by atoms with E-state index in [0.717, 1.165) is 17.7 Å². The zero-order chi connectivity index (χ0) is 13.4. The van der Waals surface area contributed by atoms with Crippen LogP contribution in [0, 0.1) is 0 Å². The van der Waals surface area contributed by atoms with Crippen molar-refractivity contribution >= 4 is 11.6 Å². The highest BCUT2D eigenvalue weighted by atomic mass is 16.5. The number of ether oxygens (including phenoxy) is 1. The van der Waals surface area contributed by atoms with E-state index in [9.17, 15) is 4.79 Å². The van der Waals surface area contributed by atoms with Crippen molar-refractivity contribution in [2.45, 2.75) is 26.3 Å². The predicted octanol–water partition coefficient (Wildman–Crippen LogP) is 1.81. The molecule has 4 nitrogen and oxygen atoms in total. The summed E-state index contributed by atoms with van der Waals surface area (Å²) in [6.07, 6.45) is 0.905. The van der Waals surface area contributed by atoms with E-state index in [-0.39, 0.29) is 11.9 Å². The highest BCUT2D eigenvalue weighted by molar-refractivity contribution is 5.95. The lowest BCUT2D eigenvalue weighted by Gasteiger charge is -2.15. The van der Waals surface area contributed by atoms with Gasteiger partial charge in [-0.15, -0.1) is 0 Å². The van der Waals surface area contributed by atoms with Crippen LogP contribution in [0.5, 0.6) is 0 Å². The van der Waals surface area contributed by atoms with Crippen molar-refractivity contribution in [3.63, 3.8) is 0 Å². The Balaban J connectivity index is 2.53. The molecule has 0 heterocycles. The number of aryl methyl sites for hydroxylation is 1. The van der Waals surface area contributed by atoms with E-state index < -0.39 is 0 Å². The van der Waals surface area contributed by atoms with Crippen LogP contribution in [0.1, 0.15) is 19.4 Å². The van der Waals surface area contributed by atoms with Gasteiger partial charge in [-0.05, 0) is 25.0 Å².